The number of ether oxygens (including phenoxy) is 1. The molecule has 1 aromatic heterocycles. The number of anilines is 2. The molecule has 3 aromatic rings. The van der Waals surface area contributed by atoms with Crippen molar-refractivity contribution in [1.29, 1.82) is 5.26 Å². The van der Waals surface area contributed by atoms with Crippen LogP contribution in [0.4, 0.5) is 11.5 Å². The zero-order chi connectivity index (χ0) is 28.3. The second kappa shape index (κ2) is 10.2. The van der Waals surface area contributed by atoms with Gasteiger partial charge in [0.25, 0.3) is 0 Å². The summed E-state index contributed by atoms with van der Waals surface area (Å²) >= 11 is 0. The Labute approximate surface area is 248 Å². The molecule has 0 saturated carbocycles. The lowest BCUT2D eigenvalue weighted by molar-refractivity contribution is 0.110. The minimum atomic E-state index is 0.0965. The number of aromatic nitrogens is 1. The van der Waals surface area contributed by atoms with Gasteiger partial charge in [-0.05, 0) is 75.6 Å². The number of rotatable bonds is 5. The number of hydrogen-bond donors (Lipinski definition) is 1. The minimum Gasteiger partial charge on any atom is -0.475 e. The van der Waals surface area contributed by atoms with Gasteiger partial charge >= 0.3 is 0 Å². The fourth-order valence-electron chi connectivity index (χ4n) is 8.61. The Kier molecular flexibility index (Phi) is 6.28. The van der Waals surface area contributed by atoms with Gasteiger partial charge < -0.3 is 19.9 Å². The van der Waals surface area contributed by atoms with E-state index in [1.165, 1.54) is 44.1 Å². The molecule has 0 aliphatic carbocycles. The average molecular weight is 559 g/mol. The zero-order valence-electron chi connectivity index (χ0n) is 24.2. The highest BCUT2D eigenvalue weighted by atomic mass is 16.5. The van der Waals surface area contributed by atoms with Crippen LogP contribution < -0.4 is 19.9 Å². The first-order chi connectivity index (χ1) is 20.7. The molecule has 2 atom stereocenters. The van der Waals surface area contributed by atoms with Gasteiger partial charge in [-0.25, -0.2) is 0 Å². The normalized spacial score (nSPS) is 24.3. The Hall–Kier alpha value is -3.78. The summed E-state index contributed by atoms with van der Waals surface area (Å²) in [5, 5.41) is 16.6. The molecule has 4 saturated heterocycles. The molecule has 2 bridgehead atoms. The van der Waals surface area contributed by atoms with Crippen LogP contribution in [-0.2, 0) is 13.0 Å². The number of hydrogen-bond acceptors (Lipinski definition) is 7. The third kappa shape index (κ3) is 4.14. The maximum absolute atomic E-state index is 10.6. The molecule has 2 unspecified atom stereocenters. The van der Waals surface area contributed by atoms with E-state index < -0.39 is 0 Å². The monoisotopic (exact) mass is 558 g/mol. The van der Waals surface area contributed by atoms with Crippen LogP contribution in [0.15, 0.2) is 36.4 Å². The van der Waals surface area contributed by atoms with Gasteiger partial charge in [0.05, 0.1) is 5.54 Å². The highest BCUT2D eigenvalue weighted by Crippen LogP contribution is 2.42. The van der Waals surface area contributed by atoms with E-state index in [1.807, 2.05) is 12.1 Å². The number of nitrogens with zero attached hydrogens (tertiary/aromatic N) is 5. The second-order valence-corrected chi connectivity index (χ2v) is 12.9. The van der Waals surface area contributed by atoms with Crippen molar-refractivity contribution in [3.8, 4) is 24.3 Å². The van der Waals surface area contributed by atoms with E-state index in [0.717, 1.165) is 72.5 Å². The Balaban J connectivity index is 1.21. The summed E-state index contributed by atoms with van der Waals surface area (Å²) in [7, 11) is 0. The van der Waals surface area contributed by atoms with Crippen LogP contribution >= 0.6 is 0 Å². The summed E-state index contributed by atoms with van der Waals surface area (Å²) in [6, 6.07) is 16.1. The SMILES string of the molecule is C#Cc1cccc2cccc(N3CCc4c(N5CC6CCC(C5)N6)nc(OCC56CCCN5CCC6)c(C#N)c4C3)c12. The maximum Gasteiger partial charge on any atom is 0.234 e. The van der Waals surface area contributed by atoms with E-state index in [0.29, 0.717) is 36.7 Å². The third-order valence-corrected chi connectivity index (χ3v) is 10.6. The van der Waals surface area contributed by atoms with E-state index in [9.17, 15) is 5.26 Å². The van der Waals surface area contributed by atoms with Crippen LogP contribution in [-0.4, -0.2) is 66.8 Å². The summed E-state index contributed by atoms with van der Waals surface area (Å²) < 4.78 is 6.67. The molecule has 5 aliphatic rings. The standard InChI is InChI=1S/C35H38N6O/c1-2-24-7-3-8-25-9-4-10-31(32(24)25)39-18-13-28-30(22-39)29(19-36)34(42-23-35-14-5-16-41(35)17-6-15-35)38-33(28)40-20-26-11-12-27(21-40)37-26/h1,3-4,7-10,26-27,37H,5-6,11-18,20-23H2. The van der Waals surface area contributed by atoms with Gasteiger partial charge in [0.15, 0.2) is 0 Å². The van der Waals surface area contributed by atoms with Crippen molar-refractivity contribution in [3.63, 3.8) is 0 Å². The maximum atomic E-state index is 10.6. The van der Waals surface area contributed by atoms with Crippen molar-refractivity contribution in [2.24, 2.45) is 0 Å². The van der Waals surface area contributed by atoms with Crippen LogP contribution in [0.25, 0.3) is 10.8 Å². The Morgan fingerprint density at radius 2 is 1.76 bits per heavy atom. The molecule has 0 spiro atoms. The molecule has 4 fully saturated rings. The Bertz CT molecular complexity index is 1610. The molecule has 8 rings (SSSR count). The second-order valence-electron chi connectivity index (χ2n) is 12.9. The molecule has 0 amide bonds. The van der Waals surface area contributed by atoms with E-state index >= 15 is 0 Å². The van der Waals surface area contributed by atoms with Crippen molar-refractivity contribution in [2.75, 3.05) is 49.1 Å². The van der Waals surface area contributed by atoms with E-state index in [1.54, 1.807) is 0 Å². The van der Waals surface area contributed by atoms with Crippen molar-refractivity contribution in [2.45, 2.75) is 69.1 Å². The van der Waals surface area contributed by atoms with Gasteiger partial charge in [0, 0.05) is 66.0 Å². The molecular weight excluding hydrogens is 520 g/mol. The van der Waals surface area contributed by atoms with Crippen LogP contribution in [0, 0.1) is 23.7 Å². The number of fused-ring (bicyclic) bond motifs is 5. The summed E-state index contributed by atoms with van der Waals surface area (Å²) in [4.78, 5) is 12.7. The molecule has 2 aromatic carbocycles. The topological polar surface area (TPSA) is 67.7 Å². The Morgan fingerprint density at radius 3 is 2.50 bits per heavy atom. The predicted molar refractivity (Wildman–Crippen MR) is 166 cm³/mol. The molecule has 6 heterocycles. The first-order valence-corrected chi connectivity index (χ1v) is 15.7. The number of nitriles is 1. The lowest BCUT2D eigenvalue weighted by Crippen LogP contribution is -2.52. The molecule has 7 nitrogen and oxygen atoms in total. The Morgan fingerprint density at radius 1 is 1.00 bits per heavy atom. The van der Waals surface area contributed by atoms with Crippen molar-refractivity contribution >= 4 is 22.3 Å². The molecule has 7 heteroatoms. The van der Waals surface area contributed by atoms with Gasteiger partial charge in [0.1, 0.15) is 24.1 Å². The van der Waals surface area contributed by atoms with Crippen LogP contribution in [0.5, 0.6) is 5.88 Å². The van der Waals surface area contributed by atoms with Crippen molar-refractivity contribution in [3.05, 3.63) is 58.7 Å². The van der Waals surface area contributed by atoms with Gasteiger partial charge in [-0.2, -0.15) is 10.2 Å². The lowest BCUT2D eigenvalue weighted by atomic mass is 9.93. The van der Waals surface area contributed by atoms with E-state index in [-0.39, 0.29) is 5.54 Å². The fourth-order valence-corrected chi connectivity index (χ4v) is 8.61. The van der Waals surface area contributed by atoms with E-state index in [2.05, 4.69) is 56.3 Å². The molecule has 5 aliphatic heterocycles. The quantitative estimate of drug-likeness (QED) is 0.459. The third-order valence-electron chi connectivity index (χ3n) is 10.6. The van der Waals surface area contributed by atoms with Crippen molar-refractivity contribution in [1.82, 2.24) is 15.2 Å². The summed E-state index contributed by atoms with van der Waals surface area (Å²) in [5.74, 6) is 4.46. The highest BCUT2D eigenvalue weighted by Gasteiger charge is 2.45. The van der Waals surface area contributed by atoms with Gasteiger partial charge in [-0.15, -0.1) is 6.42 Å². The van der Waals surface area contributed by atoms with Crippen LogP contribution in [0.2, 0.25) is 0 Å². The summed E-state index contributed by atoms with van der Waals surface area (Å²) in [5.41, 5.74) is 5.02. The fraction of sp³-hybridized carbons (Fsp3) is 0.486. The molecule has 42 heavy (non-hydrogen) atoms. The van der Waals surface area contributed by atoms with Crippen LogP contribution in [0.1, 0.15) is 60.8 Å². The smallest absolute Gasteiger partial charge is 0.234 e. The average Bonchev–Trinajstić information content (AvgIpc) is 3.71. The van der Waals surface area contributed by atoms with Gasteiger partial charge in [0.2, 0.25) is 5.88 Å². The highest BCUT2D eigenvalue weighted by molar-refractivity contribution is 5.99. The van der Waals surface area contributed by atoms with Gasteiger partial charge in [-0.3, -0.25) is 4.90 Å². The number of pyridine rings is 1. The zero-order valence-corrected chi connectivity index (χ0v) is 24.2. The number of nitrogens with one attached hydrogen (secondary N) is 1. The van der Waals surface area contributed by atoms with Crippen molar-refractivity contribution < 1.29 is 4.74 Å². The summed E-state index contributed by atoms with van der Waals surface area (Å²) in [6.07, 6.45) is 14.0. The summed E-state index contributed by atoms with van der Waals surface area (Å²) in [6.45, 7) is 6.31. The van der Waals surface area contributed by atoms with E-state index in [4.69, 9.17) is 16.1 Å². The first kappa shape index (κ1) is 25.9. The molecule has 1 N–H and O–H groups in total. The molecular formula is C35H38N6O. The lowest BCUT2D eigenvalue weighted by Gasteiger charge is -2.39. The molecule has 0 radical (unpaired) electrons. The largest absolute Gasteiger partial charge is 0.475 e. The minimum absolute atomic E-state index is 0.0965. The van der Waals surface area contributed by atoms with Crippen LogP contribution in [0.3, 0.4) is 0 Å². The molecule has 214 valence electrons. The number of terminal acetylenes is 1. The first-order valence-electron chi connectivity index (χ1n) is 15.7. The number of benzene rings is 2. The van der Waals surface area contributed by atoms with Gasteiger partial charge in [-0.1, -0.05) is 30.2 Å². The predicted octanol–water partition coefficient (Wildman–Crippen LogP) is 4.60. The number of piperazine rings is 1.